The summed E-state index contributed by atoms with van der Waals surface area (Å²) in [5, 5.41) is 11.0. The highest BCUT2D eigenvalue weighted by Crippen LogP contribution is 2.36. The van der Waals surface area contributed by atoms with Crippen LogP contribution in [0.4, 0.5) is 0 Å². The molecule has 0 aliphatic heterocycles. The zero-order valence-corrected chi connectivity index (χ0v) is 17.9. The highest BCUT2D eigenvalue weighted by atomic mass is 35.5. The summed E-state index contributed by atoms with van der Waals surface area (Å²) in [5.74, 6) is 2.92. The van der Waals surface area contributed by atoms with Gasteiger partial charge >= 0.3 is 0 Å². The molecule has 1 aromatic carbocycles. The van der Waals surface area contributed by atoms with Crippen LogP contribution < -0.4 is 20.1 Å². The van der Waals surface area contributed by atoms with E-state index >= 15 is 0 Å². The Hall–Kier alpha value is -2.41. The number of aliphatic imine (C=N–C) groups is 1. The number of nitrogens with one attached hydrogen (secondary N) is 2. The molecule has 0 atom stereocenters. The standard InChI is InChI=1S/C20H29ClN4O3/c1-6-22-20(24-12-15-10-17(13(3)4)25-28-15)23-11-14-8-16(21)19(27-7-2)18(9-14)26-5/h8-10,13H,6-7,11-12H2,1-5H3,(H2,22,23,24). The number of hydrogen-bond donors (Lipinski definition) is 2. The van der Waals surface area contributed by atoms with Gasteiger partial charge in [-0.25, -0.2) is 4.99 Å². The number of methoxy groups -OCH3 is 1. The van der Waals surface area contributed by atoms with E-state index < -0.39 is 0 Å². The highest BCUT2D eigenvalue weighted by molar-refractivity contribution is 6.32. The average molecular weight is 409 g/mol. The second-order valence-corrected chi connectivity index (χ2v) is 6.87. The van der Waals surface area contributed by atoms with E-state index in [2.05, 4.69) is 34.6 Å². The summed E-state index contributed by atoms with van der Waals surface area (Å²) in [6.07, 6.45) is 0. The van der Waals surface area contributed by atoms with Crippen molar-refractivity contribution in [3.05, 3.63) is 40.2 Å². The molecule has 0 aliphatic rings. The fraction of sp³-hybridized carbons (Fsp3) is 0.500. The minimum Gasteiger partial charge on any atom is -0.493 e. The summed E-state index contributed by atoms with van der Waals surface area (Å²) < 4.78 is 16.3. The van der Waals surface area contributed by atoms with Crippen LogP contribution in [0.3, 0.4) is 0 Å². The van der Waals surface area contributed by atoms with Crippen LogP contribution in [0.1, 0.15) is 50.6 Å². The van der Waals surface area contributed by atoms with Crippen molar-refractivity contribution in [3.63, 3.8) is 0 Å². The number of ether oxygens (including phenoxy) is 2. The zero-order chi connectivity index (χ0) is 20.5. The number of hydrogen-bond acceptors (Lipinski definition) is 5. The molecule has 154 valence electrons. The van der Waals surface area contributed by atoms with Gasteiger partial charge in [0.25, 0.3) is 0 Å². The fourth-order valence-electron chi connectivity index (χ4n) is 2.52. The maximum absolute atomic E-state index is 6.33. The molecular weight excluding hydrogens is 380 g/mol. The van der Waals surface area contributed by atoms with Gasteiger partial charge in [0.2, 0.25) is 0 Å². The van der Waals surface area contributed by atoms with E-state index in [1.807, 2.05) is 32.0 Å². The third-order valence-electron chi connectivity index (χ3n) is 3.94. The van der Waals surface area contributed by atoms with Gasteiger partial charge in [-0.1, -0.05) is 30.6 Å². The van der Waals surface area contributed by atoms with E-state index in [1.165, 1.54) is 0 Å². The average Bonchev–Trinajstić information content (AvgIpc) is 3.15. The van der Waals surface area contributed by atoms with Crippen LogP contribution >= 0.6 is 11.6 Å². The molecule has 0 saturated heterocycles. The van der Waals surface area contributed by atoms with Gasteiger partial charge in [0.15, 0.2) is 23.2 Å². The predicted molar refractivity (Wildman–Crippen MR) is 111 cm³/mol. The third kappa shape index (κ3) is 6.05. The molecule has 7 nitrogen and oxygen atoms in total. The van der Waals surface area contributed by atoms with Gasteiger partial charge in [-0.2, -0.15) is 0 Å². The Bertz CT molecular complexity index is 790. The first-order valence-electron chi connectivity index (χ1n) is 9.45. The summed E-state index contributed by atoms with van der Waals surface area (Å²) in [4.78, 5) is 4.61. The van der Waals surface area contributed by atoms with Crippen molar-refractivity contribution in [1.29, 1.82) is 0 Å². The summed E-state index contributed by atoms with van der Waals surface area (Å²) in [5.41, 5.74) is 1.86. The molecule has 0 amide bonds. The largest absolute Gasteiger partial charge is 0.493 e. The van der Waals surface area contributed by atoms with Crippen LogP contribution in [0.15, 0.2) is 27.7 Å². The molecule has 0 bridgehead atoms. The Kier molecular flexibility index (Phi) is 8.44. The normalized spacial score (nSPS) is 11.6. The molecule has 2 N–H and O–H groups in total. The second-order valence-electron chi connectivity index (χ2n) is 6.46. The first-order valence-corrected chi connectivity index (χ1v) is 9.83. The SMILES string of the molecule is CCNC(=NCc1cc(Cl)c(OCC)c(OC)c1)NCc1cc(C(C)C)no1. The van der Waals surface area contributed by atoms with E-state index in [9.17, 15) is 0 Å². The molecule has 2 rings (SSSR count). The number of halogens is 1. The van der Waals surface area contributed by atoms with Gasteiger partial charge in [-0.15, -0.1) is 0 Å². The summed E-state index contributed by atoms with van der Waals surface area (Å²) in [6, 6.07) is 5.68. The lowest BCUT2D eigenvalue weighted by atomic mass is 10.1. The second kappa shape index (κ2) is 10.8. The van der Waals surface area contributed by atoms with E-state index in [0.29, 0.717) is 48.1 Å². The van der Waals surface area contributed by atoms with Crippen molar-refractivity contribution in [2.24, 2.45) is 4.99 Å². The third-order valence-corrected chi connectivity index (χ3v) is 4.22. The molecule has 1 aromatic heterocycles. The highest BCUT2D eigenvalue weighted by Gasteiger charge is 2.12. The van der Waals surface area contributed by atoms with Crippen molar-refractivity contribution in [2.75, 3.05) is 20.3 Å². The Labute approximate surface area is 171 Å². The number of guanidine groups is 1. The fourth-order valence-corrected chi connectivity index (χ4v) is 2.80. The van der Waals surface area contributed by atoms with Crippen LogP contribution in [-0.4, -0.2) is 31.4 Å². The Morgan fingerprint density at radius 3 is 2.64 bits per heavy atom. The maximum atomic E-state index is 6.33. The molecular formula is C20H29ClN4O3. The minimum atomic E-state index is 0.332. The molecule has 0 fully saturated rings. The number of rotatable bonds is 9. The molecule has 0 spiro atoms. The van der Waals surface area contributed by atoms with Gasteiger partial charge < -0.3 is 24.6 Å². The molecule has 28 heavy (non-hydrogen) atoms. The molecule has 0 aliphatic carbocycles. The van der Waals surface area contributed by atoms with Crippen molar-refractivity contribution in [1.82, 2.24) is 15.8 Å². The van der Waals surface area contributed by atoms with Crippen molar-refractivity contribution in [3.8, 4) is 11.5 Å². The number of benzene rings is 1. The van der Waals surface area contributed by atoms with E-state index in [4.69, 9.17) is 25.6 Å². The van der Waals surface area contributed by atoms with Gasteiger partial charge in [0, 0.05) is 12.6 Å². The first-order chi connectivity index (χ1) is 13.5. The van der Waals surface area contributed by atoms with Gasteiger partial charge in [0.05, 0.1) is 37.5 Å². The van der Waals surface area contributed by atoms with Crippen LogP contribution in [-0.2, 0) is 13.1 Å². The lowest BCUT2D eigenvalue weighted by molar-refractivity contribution is 0.311. The summed E-state index contributed by atoms with van der Waals surface area (Å²) in [6.45, 7) is 10.3. The van der Waals surface area contributed by atoms with Crippen molar-refractivity contribution in [2.45, 2.75) is 46.7 Å². The lowest BCUT2D eigenvalue weighted by Gasteiger charge is -2.13. The smallest absolute Gasteiger partial charge is 0.191 e. The monoisotopic (exact) mass is 408 g/mol. The van der Waals surface area contributed by atoms with Crippen molar-refractivity contribution >= 4 is 17.6 Å². The molecule has 1 heterocycles. The Morgan fingerprint density at radius 1 is 1.25 bits per heavy atom. The van der Waals surface area contributed by atoms with Gasteiger partial charge in [0.1, 0.15) is 0 Å². The summed E-state index contributed by atoms with van der Waals surface area (Å²) in [7, 11) is 1.59. The predicted octanol–water partition coefficient (Wildman–Crippen LogP) is 4.11. The van der Waals surface area contributed by atoms with E-state index in [-0.39, 0.29) is 0 Å². The van der Waals surface area contributed by atoms with Crippen LogP contribution in [0.25, 0.3) is 0 Å². The summed E-state index contributed by atoms with van der Waals surface area (Å²) >= 11 is 6.33. The van der Waals surface area contributed by atoms with Gasteiger partial charge in [-0.05, 0) is 37.5 Å². The van der Waals surface area contributed by atoms with E-state index in [0.717, 1.165) is 23.6 Å². The molecule has 0 radical (unpaired) electrons. The molecule has 0 unspecified atom stereocenters. The van der Waals surface area contributed by atoms with E-state index in [1.54, 1.807) is 7.11 Å². The van der Waals surface area contributed by atoms with Crippen LogP contribution in [0.2, 0.25) is 5.02 Å². The maximum Gasteiger partial charge on any atom is 0.191 e. The van der Waals surface area contributed by atoms with Crippen LogP contribution in [0, 0.1) is 0 Å². The number of aromatic nitrogens is 1. The molecule has 0 saturated carbocycles. The first kappa shape index (κ1) is 21.9. The minimum absolute atomic E-state index is 0.332. The topological polar surface area (TPSA) is 80.9 Å². The Morgan fingerprint density at radius 2 is 2.04 bits per heavy atom. The quantitative estimate of drug-likeness (QED) is 0.480. The lowest BCUT2D eigenvalue weighted by Crippen LogP contribution is -2.36. The van der Waals surface area contributed by atoms with Gasteiger partial charge in [-0.3, -0.25) is 0 Å². The van der Waals surface area contributed by atoms with Crippen LogP contribution in [0.5, 0.6) is 11.5 Å². The zero-order valence-electron chi connectivity index (χ0n) is 17.1. The number of nitrogens with zero attached hydrogens (tertiary/aromatic N) is 2. The molecule has 2 aromatic rings. The Balaban J connectivity index is 2.07. The molecule has 8 heteroatoms. The van der Waals surface area contributed by atoms with Crippen molar-refractivity contribution < 1.29 is 14.0 Å².